The molecule has 5 aromatic rings. The lowest BCUT2D eigenvalue weighted by atomic mass is 9.89. The van der Waals surface area contributed by atoms with E-state index < -0.39 is 59.0 Å². The second-order valence-electron chi connectivity index (χ2n) is 14.3. The number of hydrogen-bond acceptors (Lipinski definition) is 6. The highest BCUT2D eigenvalue weighted by molar-refractivity contribution is 6.38. The first-order valence-corrected chi connectivity index (χ1v) is 18.9. The Bertz CT molecular complexity index is 2140. The van der Waals surface area contributed by atoms with Gasteiger partial charge in [0, 0.05) is 31.1 Å². The molecular formula is C47H46FN3O6. The van der Waals surface area contributed by atoms with Crippen LogP contribution in [0.4, 0.5) is 4.39 Å². The van der Waals surface area contributed by atoms with Gasteiger partial charge in [-0.05, 0) is 71.7 Å². The van der Waals surface area contributed by atoms with Crippen molar-refractivity contribution in [2.75, 3.05) is 0 Å². The summed E-state index contributed by atoms with van der Waals surface area (Å²) in [4.78, 5) is 80.1. The van der Waals surface area contributed by atoms with Crippen molar-refractivity contribution in [2.45, 2.75) is 57.5 Å². The van der Waals surface area contributed by atoms with Crippen molar-refractivity contribution >= 4 is 35.1 Å². The summed E-state index contributed by atoms with van der Waals surface area (Å²) in [5, 5.41) is 5.11. The van der Waals surface area contributed by atoms with Gasteiger partial charge in [-0.25, -0.2) is 4.39 Å². The average Bonchev–Trinajstić information content (AvgIpc) is 3.21. The number of amides is 3. The Hall–Kier alpha value is -6.55. The summed E-state index contributed by atoms with van der Waals surface area (Å²) >= 11 is 0. The quantitative estimate of drug-likeness (QED) is 0.0832. The molecule has 1 unspecified atom stereocenters. The van der Waals surface area contributed by atoms with Crippen LogP contribution in [0.25, 0.3) is 11.1 Å². The van der Waals surface area contributed by atoms with Gasteiger partial charge in [0.25, 0.3) is 5.91 Å². The van der Waals surface area contributed by atoms with E-state index in [9.17, 15) is 33.2 Å². The van der Waals surface area contributed by atoms with Crippen molar-refractivity contribution < 1.29 is 33.2 Å². The van der Waals surface area contributed by atoms with Gasteiger partial charge in [0.15, 0.2) is 5.78 Å². The molecular weight excluding hydrogens is 722 g/mol. The van der Waals surface area contributed by atoms with Crippen molar-refractivity contribution in [3.05, 3.63) is 168 Å². The number of nitrogens with two attached hydrogens (primary N) is 1. The van der Waals surface area contributed by atoms with Gasteiger partial charge in [0.05, 0.1) is 12.1 Å². The van der Waals surface area contributed by atoms with Gasteiger partial charge in [0.2, 0.25) is 17.6 Å². The minimum atomic E-state index is -1.31. The molecule has 4 N–H and O–H groups in total. The fourth-order valence-corrected chi connectivity index (χ4v) is 6.66. The lowest BCUT2D eigenvalue weighted by Crippen LogP contribution is -2.52. The van der Waals surface area contributed by atoms with Gasteiger partial charge in [-0.3, -0.25) is 28.8 Å². The third kappa shape index (κ3) is 12.7. The van der Waals surface area contributed by atoms with Crippen LogP contribution in [0, 0.1) is 17.7 Å². The van der Waals surface area contributed by atoms with Crippen molar-refractivity contribution in [3.8, 4) is 11.1 Å². The number of carbonyl (C=O) groups excluding carboxylic acids is 6. The van der Waals surface area contributed by atoms with Crippen LogP contribution in [-0.4, -0.2) is 47.2 Å². The summed E-state index contributed by atoms with van der Waals surface area (Å²) in [6.07, 6.45) is 0.00553. The summed E-state index contributed by atoms with van der Waals surface area (Å²) in [5.74, 6) is -6.38. The van der Waals surface area contributed by atoms with Gasteiger partial charge >= 0.3 is 0 Å². The van der Waals surface area contributed by atoms with Gasteiger partial charge < -0.3 is 16.4 Å². The Morgan fingerprint density at radius 3 is 1.65 bits per heavy atom. The van der Waals surface area contributed by atoms with Crippen LogP contribution in [-0.2, 0) is 54.5 Å². The zero-order valence-corrected chi connectivity index (χ0v) is 31.7. The van der Waals surface area contributed by atoms with Gasteiger partial charge in [0.1, 0.15) is 11.6 Å². The lowest BCUT2D eigenvalue weighted by molar-refractivity contribution is -0.141. The minimum Gasteiger partial charge on any atom is -0.369 e. The molecule has 292 valence electrons. The molecule has 0 radical (unpaired) electrons. The van der Waals surface area contributed by atoms with Crippen LogP contribution in [0.15, 0.2) is 140 Å². The number of halogens is 1. The van der Waals surface area contributed by atoms with Gasteiger partial charge in [-0.2, -0.15) is 0 Å². The Morgan fingerprint density at radius 2 is 1.05 bits per heavy atom. The fourth-order valence-electron chi connectivity index (χ4n) is 6.66. The minimum absolute atomic E-state index is 0.0881. The first-order chi connectivity index (χ1) is 27.4. The highest BCUT2D eigenvalue weighted by atomic mass is 19.1. The van der Waals surface area contributed by atoms with Crippen molar-refractivity contribution in [3.63, 3.8) is 0 Å². The SMILES string of the molecule is CC(NC(=O)[C@@H](CC(=O)Cc1ccccc1)Cc1ccccc1)C(=O)C(=O)N[C@@H](Cc1ccc(F)cc1)C(=O)C[C@@H](Cc1ccc(-c2ccccc2)cc1)C(N)=O. The molecule has 3 amide bonds. The smallest absolute Gasteiger partial charge is 0.290 e. The summed E-state index contributed by atoms with van der Waals surface area (Å²) in [6.45, 7) is 1.36. The Morgan fingerprint density at radius 1 is 0.561 bits per heavy atom. The third-order valence-corrected chi connectivity index (χ3v) is 9.83. The highest BCUT2D eigenvalue weighted by Crippen LogP contribution is 2.22. The number of rotatable bonds is 20. The topological polar surface area (TPSA) is 152 Å². The summed E-state index contributed by atoms with van der Waals surface area (Å²) in [5.41, 5.74) is 10.7. The van der Waals surface area contributed by atoms with E-state index in [0.29, 0.717) is 5.56 Å². The Kier molecular flexibility index (Phi) is 14.9. The molecule has 0 saturated carbocycles. The highest BCUT2D eigenvalue weighted by Gasteiger charge is 2.32. The summed E-state index contributed by atoms with van der Waals surface area (Å²) in [7, 11) is 0. The zero-order chi connectivity index (χ0) is 40.7. The number of ketones is 3. The molecule has 0 fully saturated rings. The molecule has 57 heavy (non-hydrogen) atoms. The number of primary amides is 1. The number of Topliss-reactive ketones (excluding diaryl/α,β-unsaturated/α-hetero) is 3. The maximum Gasteiger partial charge on any atom is 0.290 e. The van der Waals surface area contributed by atoms with E-state index in [4.69, 9.17) is 5.73 Å². The maximum atomic E-state index is 13.9. The van der Waals surface area contributed by atoms with E-state index in [1.165, 1.54) is 31.2 Å². The third-order valence-electron chi connectivity index (χ3n) is 9.83. The molecule has 5 aromatic carbocycles. The molecule has 9 nitrogen and oxygen atoms in total. The van der Waals surface area contributed by atoms with E-state index in [2.05, 4.69) is 10.6 Å². The summed E-state index contributed by atoms with van der Waals surface area (Å²) < 4.78 is 13.7. The van der Waals surface area contributed by atoms with Crippen LogP contribution < -0.4 is 16.4 Å². The van der Waals surface area contributed by atoms with Gasteiger partial charge in [-0.15, -0.1) is 0 Å². The lowest BCUT2D eigenvalue weighted by Gasteiger charge is -2.22. The van der Waals surface area contributed by atoms with E-state index in [1.807, 2.05) is 115 Å². The molecule has 5 rings (SSSR count). The molecule has 4 atom stereocenters. The molecule has 0 saturated heterocycles. The molecule has 0 heterocycles. The fraction of sp³-hybridized carbons (Fsp3) is 0.234. The van der Waals surface area contributed by atoms with Crippen LogP contribution in [0.1, 0.15) is 42.0 Å². The van der Waals surface area contributed by atoms with Crippen LogP contribution >= 0.6 is 0 Å². The molecule has 0 aliphatic rings. The molecule has 0 bridgehead atoms. The predicted octanol–water partition coefficient (Wildman–Crippen LogP) is 5.96. The van der Waals surface area contributed by atoms with Crippen molar-refractivity contribution in [1.82, 2.24) is 10.6 Å². The number of nitrogens with one attached hydrogen (secondary N) is 2. The van der Waals surface area contributed by atoms with E-state index in [1.54, 1.807) is 0 Å². The summed E-state index contributed by atoms with van der Waals surface area (Å²) in [6, 6.07) is 38.4. The Balaban J connectivity index is 1.26. The number of carbonyl (C=O) groups is 6. The van der Waals surface area contributed by atoms with E-state index in [0.717, 1.165) is 27.8 Å². The predicted molar refractivity (Wildman–Crippen MR) is 216 cm³/mol. The number of benzene rings is 5. The average molecular weight is 768 g/mol. The first-order valence-electron chi connectivity index (χ1n) is 18.9. The van der Waals surface area contributed by atoms with Crippen molar-refractivity contribution in [1.29, 1.82) is 0 Å². The molecule has 0 spiro atoms. The standard InChI is InChI=1S/C47H46FN3O6/c1-31(50-46(56)39(26-32-11-5-2-6-12-32)29-41(52)27-33-13-7-3-8-14-33)44(54)47(57)51-42(28-35-19-23-40(48)24-20-35)43(53)30-38(45(49)55)25-34-17-21-37(22-18-34)36-15-9-4-10-16-36/h2-24,31,38-39,42H,25-30H2,1H3,(H2,49,55)(H,50,56)(H,51,57)/t31?,38-,39-,42+/m1/s1. The maximum absolute atomic E-state index is 13.9. The zero-order valence-electron chi connectivity index (χ0n) is 31.7. The van der Waals surface area contributed by atoms with Crippen LogP contribution in [0.3, 0.4) is 0 Å². The molecule has 0 aliphatic carbocycles. The number of hydrogen-bond donors (Lipinski definition) is 3. The second kappa shape index (κ2) is 20.4. The molecule has 10 heteroatoms. The largest absolute Gasteiger partial charge is 0.369 e. The first kappa shape index (κ1) is 41.6. The van der Waals surface area contributed by atoms with Crippen LogP contribution in [0.2, 0.25) is 0 Å². The Labute approximate surface area is 331 Å². The van der Waals surface area contributed by atoms with Crippen molar-refractivity contribution in [2.24, 2.45) is 17.6 Å². The van der Waals surface area contributed by atoms with Crippen LogP contribution in [0.5, 0.6) is 0 Å². The van der Waals surface area contributed by atoms with E-state index >= 15 is 0 Å². The molecule has 0 aliphatic heterocycles. The monoisotopic (exact) mass is 767 g/mol. The van der Waals surface area contributed by atoms with Gasteiger partial charge in [-0.1, -0.05) is 127 Å². The van der Waals surface area contributed by atoms with E-state index in [-0.39, 0.29) is 44.3 Å². The second-order valence-corrected chi connectivity index (χ2v) is 14.3. The normalized spacial score (nSPS) is 13.0. The molecule has 0 aromatic heterocycles.